The van der Waals surface area contributed by atoms with Gasteiger partial charge in [-0.25, -0.2) is 22.2 Å². The standard InChI is InChI=1S/C22H23F2N3O3S2/c1-3-11-27(12-4-2)32(29,30)17-8-5-15(6-9-17)21(28)26-22-25-20(14-31-22)16-7-10-18(23)19(24)13-16/h5-10,13-14H,3-4,11-12H2,1-2H3,(H,25,26,28). The topological polar surface area (TPSA) is 79.4 Å². The molecule has 0 aliphatic rings. The van der Waals surface area contributed by atoms with Gasteiger partial charge in [0, 0.05) is 29.6 Å². The molecule has 0 fully saturated rings. The molecule has 1 amide bonds. The van der Waals surface area contributed by atoms with Crippen LogP contribution in [0.1, 0.15) is 37.0 Å². The van der Waals surface area contributed by atoms with Crippen LogP contribution in [0.15, 0.2) is 52.7 Å². The van der Waals surface area contributed by atoms with Gasteiger partial charge in [-0.05, 0) is 55.3 Å². The van der Waals surface area contributed by atoms with Crippen molar-refractivity contribution in [3.05, 3.63) is 65.0 Å². The minimum absolute atomic E-state index is 0.130. The summed E-state index contributed by atoms with van der Waals surface area (Å²) in [5.74, 6) is -2.39. The van der Waals surface area contributed by atoms with Gasteiger partial charge in [-0.3, -0.25) is 10.1 Å². The average molecular weight is 480 g/mol. The number of carbonyl (C=O) groups excluding carboxylic acids is 1. The molecule has 0 radical (unpaired) electrons. The maximum Gasteiger partial charge on any atom is 0.257 e. The Labute approximate surface area is 190 Å². The lowest BCUT2D eigenvalue weighted by atomic mass is 10.2. The average Bonchev–Trinajstić information content (AvgIpc) is 3.24. The number of amides is 1. The summed E-state index contributed by atoms with van der Waals surface area (Å²) in [6.07, 6.45) is 1.42. The predicted molar refractivity (Wildman–Crippen MR) is 121 cm³/mol. The number of sulfonamides is 1. The van der Waals surface area contributed by atoms with Gasteiger partial charge < -0.3 is 0 Å². The Hall–Kier alpha value is -2.69. The van der Waals surface area contributed by atoms with E-state index in [1.807, 2.05) is 13.8 Å². The molecule has 0 saturated heterocycles. The van der Waals surface area contributed by atoms with E-state index in [0.717, 1.165) is 23.5 Å². The van der Waals surface area contributed by atoms with Crippen molar-refractivity contribution in [1.29, 1.82) is 0 Å². The van der Waals surface area contributed by atoms with E-state index in [1.54, 1.807) is 5.38 Å². The van der Waals surface area contributed by atoms with Crippen LogP contribution < -0.4 is 5.32 Å². The number of aromatic nitrogens is 1. The maximum atomic E-state index is 13.4. The van der Waals surface area contributed by atoms with Gasteiger partial charge in [0.2, 0.25) is 10.0 Å². The molecule has 3 rings (SSSR count). The monoisotopic (exact) mass is 479 g/mol. The molecule has 6 nitrogen and oxygen atoms in total. The number of carbonyl (C=O) groups is 1. The fraction of sp³-hybridized carbons (Fsp3) is 0.273. The van der Waals surface area contributed by atoms with Crippen molar-refractivity contribution < 1.29 is 22.0 Å². The SMILES string of the molecule is CCCN(CCC)S(=O)(=O)c1ccc(C(=O)Nc2nc(-c3ccc(F)c(F)c3)cs2)cc1. The largest absolute Gasteiger partial charge is 0.298 e. The van der Waals surface area contributed by atoms with Crippen molar-refractivity contribution in [2.45, 2.75) is 31.6 Å². The van der Waals surface area contributed by atoms with E-state index in [0.29, 0.717) is 37.2 Å². The van der Waals surface area contributed by atoms with Gasteiger partial charge in [-0.1, -0.05) is 13.8 Å². The molecule has 0 aliphatic heterocycles. The van der Waals surface area contributed by atoms with Crippen LogP contribution in [-0.2, 0) is 10.0 Å². The van der Waals surface area contributed by atoms with Crippen LogP contribution in [0.5, 0.6) is 0 Å². The summed E-state index contributed by atoms with van der Waals surface area (Å²) in [5, 5.41) is 4.54. The third-order valence-electron chi connectivity index (χ3n) is 4.64. The number of nitrogens with one attached hydrogen (secondary N) is 1. The van der Waals surface area contributed by atoms with Gasteiger partial charge in [-0.2, -0.15) is 4.31 Å². The molecule has 0 atom stereocenters. The van der Waals surface area contributed by atoms with Crippen LogP contribution in [-0.4, -0.2) is 36.7 Å². The number of rotatable bonds is 9. The minimum atomic E-state index is -3.63. The number of nitrogens with zero attached hydrogens (tertiary/aromatic N) is 2. The van der Waals surface area contributed by atoms with Crippen molar-refractivity contribution >= 4 is 32.4 Å². The summed E-state index contributed by atoms with van der Waals surface area (Å²) in [6, 6.07) is 9.17. The third-order valence-corrected chi connectivity index (χ3v) is 7.31. The molecular weight excluding hydrogens is 456 g/mol. The first-order chi connectivity index (χ1) is 15.3. The van der Waals surface area contributed by atoms with Crippen molar-refractivity contribution in [2.24, 2.45) is 0 Å². The summed E-state index contributed by atoms with van der Waals surface area (Å²) < 4.78 is 53.7. The molecular formula is C22H23F2N3O3S2. The summed E-state index contributed by atoms with van der Waals surface area (Å²) in [7, 11) is -3.63. The first-order valence-corrected chi connectivity index (χ1v) is 12.4. The van der Waals surface area contributed by atoms with Gasteiger partial charge in [0.25, 0.3) is 5.91 Å². The number of anilines is 1. The molecule has 3 aromatic rings. The Morgan fingerprint density at radius 2 is 1.69 bits per heavy atom. The van der Waals surface area contributed by atoms with E-state index in [1.165, 1.54) is 34.6 Å². The van der Waals surface area contributed by atoms with Gasteiger partial charge in [0.05, 0.1) is 10.6 Å². The molecule has 1 heterocycles. The first-order valence-electron chi connectivity index (χ1n) is 10.1. The third kappa shape index (κ3) is 5.37. The zero-order valence-electron chi connectivity index (χ0n) is 17.6. The number of thiazole rings is 1. The highest BCUT2D eigenvalue weighted by molar-refractivity contribution is 7.89. The second-order valence-electron chi connectivity index (χ2n) is 7.05. The molecule has 2 aromatic carbocycles. The zero-order valence-corrected chi connectivity index (χ0v) is 19.3. The van der Waals surface area contributed by atoms with E-state index in [2.05, 4.69) is 10.3 Å². The number of hydrogen-bond donors (Lipinski definition) is 1. The van der Waals surface area contributed by atoms with Crippen LogP contribution in [0.3, 0.4) is 0 Å². The van der Waals surface area contributed by atoms with Crippen molar-refractivity contribution in [2.75, 3.05) is 18.4 Å². The summed E-state index contributed by atoms with van der Waals surface area (Å²) >= 11 is 1.14. The fourth-order valence-electron chi connectivity index (χ4n) is 3.07. The van der Waals surface area contributed by atoms with Gasteiger partial charge in [0.1, 0.15) is 0 Å². The highest BCUT2D eigenvalue weighted by Crippen LogP contribution is 2.26. The van der Waals surface area contributed by atoms with Gasteiger partial charge >= 0.3 is 0 Å². The maximum absolute atomic E-state index is 13.4. The Morgan fingerprint density at radius 3 is 2.28 bits per heavy atom. The molecule has 1 N–H and O–H groups in total. The van der Waals surface area contributed by atoms with Crippen LogP contribution in [0.4, 0.5) is 13.9 Å². The predicted octanol–water partition coefficient (Wildman–Crippen LogP) is 5.15. The lowest BCUT2D eigenvalue weighted by Gasteiger charge is -2.21. The quantitative estimate of drug-likeness (QED) is 0.460. The molecule has 0 bridgehead atoms. The molecule has 170 valence electrons. The smallest absolute Gasteiger partial charge is 0.257 e. The second-order valence-corrected chi connectivity index (χ2v) is 9.85. The fourth-order valence-corrected chi connectivity index (χ4v) is 5.41. The van der Waals surface area contributed by atoms with Crippen LogP contribution >= 0.6 is 11.3 Å². The molecule has 32 heavy (non-hydrogen) atoms. The highest BCUT2D eigenvalue weighted by Gasteiger charge is 2.23. The van der Waals surface area contributed by atoms with Crippen LogP contribution in [0.2, 0.25) is 0 Å². The summed E-state index contributed by atoms with van der Waals surface area (Å²) in [6.45, 7) is 4.70. The van der Waals surface area contributed by atoms with E-state index in [-0.39, 0.29) is 15.6 Å². The zero-order chi connectivity index (χ0) is 23.3. The van der Waals surface area contributed by atoms with Crippen LogP contribution in [0, 0.1) is 11.6 Å². The Kier molecular flexibility index (Phi) is 7.70. The van der Waals surface area contributed by atoms with Crippen molar-refractivity contribution in [3.63, 3.8) is 0 Å². The molecule has 0 aliphatic carbocycles. The van der Waals surface area contributed by atoms with Crippen molar-refractivity contribution in [1.82, 2.24) is 9.29 Å². The summed E-state index contributed by atoms with van der Waals surface area (Å²) in [5.41, 5.74) is 1.06. The van der Waals surface area contributed by atoms with E-state index in [9.17, 15) is 22.0 Å². The second kappa shape index (κ2) is 10.3. The number of halogens is 2. The minimum Gasteiger partial charge on any atom is -0.298 e. The first kappa shape index (κ1) is 24.0. The highest BCUT2D eigenvalue weighted by atomic mass is 32.2. The Morgan fingerprint density at radius 1 is 1.03 bits per heavy atom. The number of hydrogen-bond acceptors (Lipinski definition) is 5. The lowest BCUT2D eigenvalue weighted by molar-refractivity contribution is 0.102. The summed E-state index contributed by atoms with van der Waals surface area (Å²) in [4.78, 5) is 16.9. The molecule has 0 unspecified atom stereocenters. The molecule has 0 saturated carbocycles. The molecule has 0 spiro atoms. The normalized spacial score (nSPS) is 11.7. The van der Waals surface area contributed by atoms with Crippen molar-refractivity contribution in [3.8, 4) is 11.3 Å². The Bertz CT molecular complexity index is 1190. The van der Waals surface area contributed by atoms with E-state index >= 15 is 0 Å². The molecule has 10 heteroatoms. The van der Waals surface area contributed by atoms with E-state index < -0.39 is 27.6 Å². The number of benzene rings is 2. The molecule has 1 aromatic heterocycles. The van der Waals surface area contributed by atoms with Gasteiger partial charge in [-0.15, -0.1) is 11.3 Å². The lowest BCUT2D eigenvalue weighted by Crippen LogP contribution is -2.32. The Balaban J connectivity index is 1.73. The van der Waals surface area contributed by atoms with Crippen LogP contribution in [0.25, 0.3) is 11.3 Å². The van der Waals surface area contributed by atoms with Gasteiger partial charge in [0.15, 0.2) is 16.8 Å². The van der Waals surface area contributed by atoms with E-state index in [4.69, 9.17) is 0 Å².